The van der Waals surface area contributed by atoms with Gasteiger partial charge in [-0.2, -0.15) is 11.8 Å². The van der Waals surface area contributed by atoms with Gasteiger partial charge in [-0.25, -0.2) is 9.59 Å². The normalized spacial score (nSPS) is 34.8. The van der Waals surface area contributed by atoms with Crippen LogP contribution in [0.3, 0.4) is 0 Å². The lowest BCUT2D eigenvalue weighted by Crippen LogP contribution is -2.68. The molecule has 4 aliphatic rings. The minimum atomic E-state index is -1.92. The fourth-order valence-electron chi connectivity index (χ4n) is 7.89. The zero-order valence-corrected chi connectivity index (χ0v) is 33.7. The van der Waals surface area contributed by atoms with E-state index in [1.165, 1.54) is 31.1 Å². The third-order valence-corrected chi connectivity index (χ3v) is 12.5. The fourth-order valence-corrected chi connectivity index (χ4v) is 9.09. The molecule has 53 heavy (non-hydrogen) atoms. The highest BCUT2D eigenvalue weighted by Crippen LogP contribution is 2.63. The molecular weight excluding hydrogens is 726 g/mol. The van der Waals surface area contributed by atoms with Gasteiger partial charge in [-0.3, -0.25) is 14.9 Å². The quantitative estimate of drug-likeness (QED) is 0.302. The molecule has 0 aromatic heterocycles. The van der Waals surface area contributed by atoms with E-state index in [-0.39, 0.29) is 34.9 Å². The minimum absolute atomic E-state index is 0.0715. The molecule has 3 saturated heterocycles. The first-order chi connectivity index (χ1) is 24.7. The summed E-state index contributed by atoms with van der Waals surface area (Å²) in [5.41, 5.74) is -2.55. The first kappa shape index (κ1) is 40.9. The first-order valence-corrected chi connectivity index (χ1v) is 19.1. The van der Waals surface area contributed by atoms with Crippen molar-refractivity contribution >= 4 is 52.9 Å². The lowest BCUT2D eigenvalue weighted by Gasteiger charge is -2.46. The molecule has 0 spiro atoms. The van der Waals surface area contributed by atoms with E-state index in [1.54, 1.807) is 56.9 Å². The maximum atomic E-state index is 14.2. The number of carbonyl (C=O) groups is 4. The van der Waals surface area contributed by atoms with Gasteiger partial charge in [0.15, 0.2) is 11.8 Å². The van der Waals surface area contributed by atoms with E-state index in [0.29, 0.717) is 23.6 Å². The van der Waals surface area contributed by atoms with E-state index in [2.05, 4.69) is 26.1 Å². The van der Waals surface area contributed by atoms with Gasteiger partial charge in [0.2, 0.25) is 11.8 Å². The lowest BCUT2D eigenvalue weighted by atomic mass is 9.69. The maximum Gasteiger partial charge on any atom is 0.409 e. The van der Waals surface area contributed by atoms with Crippen LogP contribution in [0, 0.1) is 5.92 Å². The van der Waals surface area contributed by atoms with Gasteiger partial charge < -0.3 is 38.6 Å². The number of ether oxygens (including phenoxy) is 5. The number of alkyl carbamates (subject to hydrolysis) is 1. The predicted octanol–water partition coefficient (Wildman–Crippen LogP) is 4.80. The number of hydrogen-bond donors (Lipinski definition) is 2. The number of methoxy groups -OCH3 is 2. The standard InChI is InChI=1S/C38H52ClN3O10S/c1-21-12-11-13-27(49-10)37(47)20-26(50-34(46)40-37)22(2)38-32(42(8)29(43)14-15-53-35(3,4)5)33(45)51-28(36(38,6)52-38)19-30(44)41(7)24-17-23(16-21)18-25(48-9)31(24)39/h11-13,17-18,22,26-28,32,47H,14-16,19-20H2,1-10H3,(H,40,46)/b13-11+,21-12+/t22?,26?,27?,28-,32+,36-,37?,38?/m0/s1. The Morgan fingerprint density at radius 2 is 1.91 bits per heavy atom. The number of fused-ring (bicyclic) bond motifs is 4. The summed E-state index contributed by atoms with van der Waals surface area (Å²) < 4.78 is 29.7. The smallest absolute Gasteiger partial charge is 0.409 e. The van der Waals surface area contributed by atoms with Crippen molar-refractivity contribution < 1.29 is 48.0 Å². The molecule has 2 N–H and O–H groups in total. The molecule has 3 fully saturated rings. The number of carbonyl (C=O) groups excluding carboxylic acids is 4. The lowest BCUT2D eigenvalue weighted by molar-refractivity contribution is -0.174. The summed E-state index contributed by atoms with van der Waals surface area (Å²) in [6, 6.07) is 2.34. The third-order valence-electron chi connectivity index (χ3n) is 10.8. The van der Waals surface area contributed by atoms with Gasteiger partial charge in [0.25, 0.3) is 0 Å². The number of halogens is 1. The molecule has 3 amide bonds. The summed E-state index contributed by atoms with van der Waals surface area (Å²) in [7, 11) is 6.03. The molecule has 4 aliphatic heterocycles. The van der Waals surface area contributed by atoms with Crippen LogP contribution < -0.4 is 15.0 Å². The number of epoxide rings is 1. The number of allylic oxidation sites excluding steroid dienone is 3. The zero-order chi connectivity index (χ0) is 39.3. The summed E-state index contributed by atoms with van der Waals surface area (Å²) >= 11 is 8.38. The largest absolute Gasteiger partial charge is 0.495 e. The van der Waals surface area contributed by atoms with Gasteiger partial charge >= 0.3 is 12.1 Å². The van der Waals surface area contributed by atoms with Crippen molar-refractivity contribution in [2.45, 2.75) is 113 Å². The van der Waals surface area contributed by atoms with Gasteiger partial charge in [0.1, 0.15) is 40.3 Å². The molecule has 0 saturated carbocycles. The number of aliphatic hydroxyl groups is 1. The van der Waals surface area contributed by atoms with Crippen molar-refractivity contribution in [3.05, 3.63) is 46.5 Å². The van der Waals surface area contributed by atoms with Gasteiger partial charge in [0.05, 0.1) is 19.2 Å². The minimum Gasteiger partial charge on any atom is -0.495 e. The second-order valence-electron chi connectivity index (χ2n) is 15.6. The van der Waals surface area contributed by atoms with Crippen molar-refractivity contribution in [2.75, 3.05) is 39.0 Å². The highest BCUT2D eigenvalue weighted by Gasteiger charge is 2.83. The van der Waals surface area contributed by atoms with Gasteiger partial charge in [-0.05, 0) is 38.0 Å². The predicted molar refractivity (Wildman–Crippen MR) is 201 cm³/mol. The van der Waals surface area contributed by atoms with Gasteiger partial charge in [-0.15, -0.1) is 0 Å². The second kappa shape index (κ2) is 15.1. The number of likely N-dealkylation sites (N-methyl/N-ethyl adjacent to an activating group) is 1. The van der Waals surface area contributed by atoms with Crippen LogP contribution >= 0.6 is 23.4 Å². The van der Waals surface area contributed by atoms with Crippen molar-refractivity contribution in [1.29, 1.82) is 0 Å². The average Bonchev–Trinajstić information content (AvgIpc) is 3.72. The molecular formula is C38H52ClN3O10S. The Balaban J connectivity index is 1.61. The Labute approximate surface area is 320 Å². The Kier molecular flexibility index (Phi) is 11.6. The van der Waals surface area contributed by atoms with Crippen LogP contribution in [0.2, 0.25) is 5.02 Å². The number of hydrogen-bond acceptors (Lipinski definition) is 11. The monoisotopic (exact) mass is 777 g/mol. The molecule has 0 radical (unpaired) electrons. The molecule has 6 bridgehead atoms. The number of nitrogens with one attached hydrogen (secondary N) is 1. The van der Waals surface area contributed by atoms with Crippen LogP contribution in [0.4, 0.5) is 10.5 Å². The zero-order valence-electron chi connectivity index (χ0n) is 32.1. The van der Waals surface area contributed by atoms with Crippen molar-refractivity contribution in [1.82, 2.24) is 10.2 Å². The highest BCUT2D eigenvalue weighted by atomic mass is 35.5. The SMILES string of the molecule is COc1cc2cc(c1Cl)N(C)C(=O)C[C@@H]1OC(=O)[C@@H](N(C)C(=O)CCSC(C)(C)C)C3(O[C@@]13C)C(C)C1CC(O)(NC(=O)O1)C(OC)/C=C/C=C(\C)C2. The molecule has 5 rings (SSSR count). The van der Waals surface area contributed by atoms with Crippen LogP contribution in [-0.2, 0) is 39.8 Å². The molecule has 1 aromatic carbocycles. The molecule has 4 heterocycles. The number of nitrogens with zero attached hydrogens (tertiary/aromatic N) is 2. The topological polar surface area (TPSA) is 156 Å². The van der Waals surface area contributed by atoms with Crippen LogP contribution in [0.15, 0.2) is 35.9 Å². The molecule has 292 valence electrons. The number of esters is 1. The van der Waals surface area contributed by atoms with Crippen LogP contribution in [0.25, 0.3) is 0 Å². The average molecular weight is 778 g/mol. The summed E-state index contributed by atoms with van der Waals surface area (Å²) in [6.07, 6.45) is 1.41. The Morgan fingerprint density at radius 3 is 2.55 bits per heavy atom. The Hall–Kier alpha value is -3.30. The van der Waals surface area contributed by atoms with E-state index in [4.69, 9.17) is 35.3 Å². The van der Waals surface area contributed by atoms with Crippen LogP contribution in [-0.4, -0.2) is 114 Å². The number of benzene rings is 1. The fraction of sp³-hybridized carbons (Fsp3) is 0.632. The van der Waals surface area contributed by atoms with E-state index in [0.717, 1.165) is 11.1 Å². The molecule has 0 aliphatic carbocycles. The van der Waals surface area contributed by atoms with E-state index < -0.39 is 65.2 Å². The molecule has 8 atom stereocenters. The van der Waals surface area contributed by atoms with Gasteiger partial charge in [-0.1, -0.05) is 63.1 Å². The van der Waals surface area contributed by atoms with E-state index >= 15 is 0 Å². The van der Waals surface area contributed by atoms with Crippen LogP contribution in [0.1, 0.15) is 66.4 Å². The number of anilines is 1. The summed E-state index contributed by atoms with van der Waals surface area (Å²) in [6.45, 7) is 11.6. The van der Waals surface area contributed by atoms with Crippen LogP contribution in [0.5, 0.6) is 5.75 Å². The molecule has 1 aromatic rings. The van der Waals surface area contributed by atoms with Crippen molar-refractivity contribution in [2.24, 2.45) is 5.92 Å². The maximum absolute atomic E-state index is 14.2. The number of rotatable bonds is 6. The summed E-state index contributed by atoms with van der Waals surface area (Å²) in [4.78, 5) is 57.9. The third kappa shape index (κ3) is 7.80. The highest BCUT2D eigenvalue weighted by molar-refractivity contribution is 8.00. The molecule has 13 nitrogen and oxygen atoms in total. The molecule has 5 unspecified atom stereocenters. The Morgan fingerprint density at radius 1 is 1.21 bits per heavy atom. The van der Waals surface area contributed by atoms with Crippen molar-refractivity contribution in [3.63, 3.8) is 0 Å². The molecule has 15 heteroatoms. The summed E-state index contributed by atoms with van der Waals surface area (Å²) in [5, 5.41) is 14.7. The van der Waals surface area contributed by atoms with E-state index in [9.17, 15) is 24.3 Å². The van der Waals surface area contributed by atoms with Crippen molar-refractivity contribution in [3.8, 4) is 5.75 Å². The van der Waals surface area contributed by atoms with Gasteiger partial charge in [0, 0.05) is 50.5 Å². The number of thioether (sulfide) groups is 1. The van der Waals surface area contributed by atoms with E-state index in [1.807, 2.05) is 13.0 Å². The summed E-state index contributed by atoms with van der Waals surface area (Å²) in [5.74, 6) is -1.37. The second-order valence-corrected chi connectivity index (χ2v) is 17.9. The first-order valence-electron chi connectivity index (χ1n) is 17.7. The number of amides is 3. The Bertz CT molecular complexity index is 1700.